The van der Waals surface area contributed by atoms with Crippen LogP contribution in [0.4, 0.5) is 0 Å². The van der Waals surface area contributed by atoms with E-state index in [1.165, 1.54) is 15.9 Å². The summed E-state index contributed by atoms with van der Waals surface area (Å²) in [7, 11) is 0. The van der Waals surface area contributed by atoms with Gasteiger partial charge in [0.25, 0.3) is 11.5 Å². The van der Waals surface area contributed by atoms with E-state index in [4.69, 9.17) is 4.42 Å². The van der Waals surface area contributed by atoms with Gasteiger partial charge >= 0.3 is 0 Å². The number of para-hydroxylation sites is 1. The van der Waals surface area contributed by atoms with Gasteiger partial charge in [-0.25, -0.2) is 9.99 Å². The van der Waals surface area contributed by atoms with Crippen molar-refractivity contribution in [1.82, 2.24) is 14.6 Å². The minimum absolute atomic E-state index is 0.135. The van der Waals surface area contributed by atoms with Crippen LogP contribution in [-0.2, 0) is 11.3 Å². The van der Waals surface area contributed by atoms with E-state index in [1.807, 2.05) is 48.5 Å². The van der Waals surface area contributed by atoms with Crippen molar-refractivity contribution in [1.29, 1.82) is 0 Å². The van der Waals surface area contributed by atoms with Gasteiger partial charge in [0.1, 0.15) is 17.6 Å². The molecular weight excluding hydrogens is 356 g/mol. The highest BCUT2D eigenvalue weighted by atomic mass is 16.3. The second-order valence-electron chi connectivity index (χ2n) is 6.63. The predicted molar refractivity (Wildman–Crippen MR) is 105 cm³/mol. The van der Waals surface area contributed by atoms with Gasteiger partial charge < -0.3 is 4.42 Å². The Bertz CT molecular complexity index is 1290. The molecule has 0 spiro atoms. The summed E-state index contributed by atoms with van der Waals surface area (Å²) in [5.74, 6) is -0.259. The lowest BCUT2D eigenvalue weighted by atomic mass is 10.1. The largest absolute Gasteiger partial charge is 0.448 e. The van der Waals surface area contributed by atoms with Gasteiger partial charge in [-0.3, -0.25) is 14.2 Å². The lowest BCUT2D eigenvalue weighted by molar-refractivity contribution is -0.131. The molecule has 0 saturated carbocycles. The van der Waals surface area contributed by atoms with Crippen molar-refractivity contribution in [2.75, 3.05) is 6.54 Å². The topological polar surface area (TPSA) is 80.7 Å². The number of amides is 1. The number of carbonyl (C=O) groups is 1. The van der Waals surface area contributed by atoms with Crippen molar-refractivity contribution in [2.45, 2.75) is 13.0 Å². The average Bonchev–Trinajstić information content (AvgIpc) is 3.36. The first-order valence-corrected chi connectivity index (χ1v) is 9.00. The minimum Gasteiger partial charge on any atom is -0.448 e. The summed E-state index contributed by atoms with van der Waals surface area (Å²) in [6.07, 6.45) is 2.08. The quantitative estimate of drug-likeness (QED) is 0.554. The van der Waals surface area contributed by atoms with Gasteiger partial charge in [-0.2, -0.15) is 5.10 Å². The summed E-state index contributed by atoms with van der Waals surface area (Å²) >= 11 is 0. The third kappa shape index (κ3) is 2.68. The summed E-state index contributed by atoms with van der Waals surface area (Å²) < 4.78 is 6.92. The second kappa shape index (κ2) is 6.45. The van der Waals surface area contributed by atoms with E-state index in [1.54, 1.807) is 6.07 Å². The van der Waals surface area contributed by atoms with Gasteiger partial charge in [-0.05, 0) is 17.7 Å². The number of rotatable bonds is 3. The van der Waals surface area contributed by atoms with Crippen LogP contribution in [-0.4, -0.2) is 32.7 Å². The molecule has 138 valence electrons. The fourth-order valence-corrected chi connectivity index (χ4v) is 3.43. The van der Waals surface area contributed by atoms with Crippen LogP contribution in [0.5, 0.6) is 0 Å². The highest BCUT2D eigenvalue weighted by molar-refractivity contribution is 6.03. The van der Waals surface area contributed by atoms with Crippen LogP contribution in [0.25, 0.3) is 22.1 Å². The van der Waals surface area contributed by atoms with E-state index >= 15 is 0 Å². The zero-order chi connectivity index (χ0) is 19.1. The second-order valence-corrected chi connectivity index (χ2v) is 6.63. The summed E-state index contributed by atoms with van der Waals surface area (Å²) in [5.41, 5.74) is 2.76. The Morgan fingerprint density at radius 2 is 1.86 bits per heavy atom. The van der Waals surface area contributed by atoms with Crippen molar-refractivity contribution in [3.05, 3.63) is 76.8 Å². The van der Waals surface area contributed by atoms with E-state index in [2.05, 4.69) is 10.1 Å². The number of aromatic nitrogens is 2. The lowest BCUT2D eigenvalue weighted by Gasteiger charge is -2.12. The highest BCUT2D eigenvalue weighted by Gasteiger charge is 2.23. The molecule has 28 heavy (non-hydrogen) atoms. The molecule has 1 aliphatic heterocycles. The molecule has 0 atom stereocenters. The summed E-state index contributed by atoms with van der Waals surface area (Å²) in [6, 6.07) is 17.1. The molecule has 4 aromatic rings. The number of fused-ring (bicyclic) bond motifs is 3. The molecule has 7 nitrogen and oxygen atoms in total. The van der Waals surface area contributed by atoms with Crippen LogP contribution in [0.3, 0.4) is 0 Å². The van der Waals surface area contributed by atoms with Crippen LogP contribution in [0.15, 0.2) is 75.2 Å². The van der Waals surface area contributed by atoms with Gasteiger partial charge in [0.05, 0.1) is 18.6 Å². The maximum atomic E-state index is 12.8. The average molecular weight is 372 g/mol. The monoisotopic (exact) mass is 372 g/mol. The van der Waals surface area contributed by atoms with Gasteiger partial charge in [0, 0.05) is 11.8 Å². The Kier molecular flexibility index (Phi) is 3.79. The summed E-state index contributed by atoms with van der Waals surface area (Å²) in [5, 5.41) is 6.62. The van der Waals surface area contributed by atoms with E-state index in [-0.39, 0.29) is 23.6 Å². The maximum Gasteiger partial charge on any atom is 0.297 e. The zero-order valence-electron chi connectivity index (χ0n) is 14.9. The normalized spacial score (nSPS) is 14.0. The number of benzene rings is 2. The van der Waals surface area contributed by atoms with Crippen LogP contribution in [0, 0.1) is 0 Å². The molecule has 3 heterocycles. The molecular formula is C21H16N4O3. The molecule has 2 aromatic heterocycles. The van der Waals surface area contributed by atoms with Crippen molar-refractivity contribution in [3.63, 3.8) is 0 Å². The number of hydrogen-bond acceptors (Lipinski definition) is 5. The number of nitrogens with zero attached hydrogens (tertiary/aromatic N) is 4. The van der Waals surface area contributed by atoms with Gasteiger partial charge in [-0.1, -0.05) is 42.5 Å². The van der Waals surface area contributed by atoms with Crippen molar-refractivity contribution >= 4 is 33.7 Å². The van der Waals surface area contributed by atoms with Crippen molar-refractivity contribution in [3.8, 4) is 0 Å². The Morgan fingerprint density at radius 3 is 2.71 bits per heavy atom. The fraction of sp³-hybridized carbons (Fsp3) is 0.143. The third-order valence-electron chi connectivity index (χ3n) is 4.85. The van der Waals surface area contributed by atoms with Crippen LogP contribution in [0.2, 0.25) is 0 Å². The molecule has 0 N–H and O–H groups in total. The summed E-state index contributed by atoms with van der Waals surface area (Å²) in [4.78, 5) is 29.7. The first-order chi connectivity index (χ1) is 13.7. The molecule has 0 saturated heterocycles. The predicted octanol–water partition coefficient (Wildman–Crippen LogP) is 2.78. The zero-order valence-corrected chi connectivity index (χ0v) is 14.9. The molecule has 7 heteroatoms. The number of carbonyl (C=O) groups excluding carboxylic acids is 1. The Labute approximate surface area is 159 Å². The number of furan rings is 1. The molecule has 5 rings (SSSR count). The maximum absolute atomic E-state index is 12.8. The van der Waals surface area contributed by atoms with E-state index in [0.29, 0.717) is 24.1 Å². The highest BCUT2D eigenvalue weighted by Crippen LogP contribution is 2.24. The van der Waals surface area contributed by atoms with Gasteiger partial charge in [-0.15, -0.1) is 0 Å². The number of hydrogen-bond donors (Lipinski definition) is 0. The Balaban J connectivity index is 1.43. The van der Waals surface area contributed by atoms with E-state index in [0.717, 1.165) is 16.7 Å². The first kappa shape index (κ1) is 16.4. The minimum atomic E-state index is -0.374. The fourth-order valence-electron chi connectivity index (χ4n) is 3.43. The first-order valence-electron chi connectivity index (χ1n) is 9.00. The van der Waals surface area contributed by atoms with Crippen molar-refractivity contribution in [2.24, 2.45) is 5.10 Å². The van der Waals surface area contributed by atoms with Gasteiger partial charge in [0.15, 0.2) is 0 Å². The summed E-state index contributed by atoms with van der Waals surface area (Å²) in [6.45, 7) is 0.364. The third-order valence-corrected chi connectivity index (χ3v) is 4.85. The molecule has 1 amide bonds. The van der Waals surface area contributed by atoms with E-state index in [9.17, 15) is 9.59 Å². The Hall–Kier alpha value is -3.74. The molecule has 0 radical (unpaired) electrons. The van der Waals surface area contributed by atoms with Crippen LogP contribution >= 0.6 is 0 Å². The molecule has 0 bridgehead atoms. The van der Waals surface area contributed by atoms with Crippen molar-refractivity contribution < 1.29 is 9.21 Å². The van der Waals surface area contributed by atoms with Crippen LogP contribution < -0.4 is 5.56 Å². The Morgan fingerprint density at radius 1 is 1.07 bits per heavy atom. The molecule has 0 fully saturated rings. The molecule has 1 aliphatic rings. The molecule has 0 aliphatic carbocycles. The van der Waals surface area contributed by atoms with Crippen LogP contribution in [0.1, 0.15) is 12.0 Å². The molecule has 2 aromatic carbocycles. The lowest BCUT2D eigenvalue weighted by Crippen LogP contribution is -2.32. The van der Waals surface area contributed by atoms with E-state index < -0.39 is 0 Å². The number of hydrazone groups is 1. The smallest absolute Gasteiger partial charge is 0.297 e. The standard InChI is InChI=1S/C21H16N4O3/c26-18(25-11-10-16(23-25)14-6-2-1-3-7-14)12-24-13-22-19-15-8-4-5-9-17(15)28-20(19)21(24)27/h1-9,13H,10-12H2. The SMILES string of the molecule is O=C(Cn1cnc2c(oc3ccccc32)c1=O)N1CCC(c2ccccc2)=N1. The molecule has 0 unspecified atom stereocenters. The van der Waals surface area contributed by atoms with Gasteiger partial charge in [0.2, 0.25) is 5.58 Å².